The lowest BCUT2D eigenvalue weighted by molar-refractivity contribution is -0.129. The molecule has 1 saturated heterocycles. The summed E-state index contributed by atoms with van der Waals surface area (Å²) < 4.78 is 26.0. The minimum absolute atomic E-state index is 0.0352. The Balaban J connectivity index is 1.71. The largest absolute Gasteiger partial charge is 0.338 e. The highest BCUT2D eigenvalue weighted by atomic mass is 32.2. The lowest BCUT2D eigenvalue weighted by Gasteiger charge is -2.30. The first kappa shape index (κ1) is 26.1. The van der Waals surface area contributed by atoms with E-state index >= 15 is 0 Å². The van der Waals surface area contributed by atoms with Gasteiger partial charge in [0.1, 0.15) is 4.75 Å². The fraction of sp³-hybridized carbons (Fsp3) is 0.333. The number of hydrogen-bond acceptors (Lipinski definition) is 6. The van der Waals surface area contributed by atoms with Crippen molar-refractivity contribution in [2.24, 2.45) is 0 Å². The molecule has 36 heavy (non-hydrogen) atoms. The number of benzene rings is 2. The molecule has 1 fully saturated rings. The van der Waals surface area contributed by atoms with Crippen molar-refractivity contribution in [3.8, 4) is 10.4 Å². The molecule has 2 aromatic carbocycles. The van der Waals surface area contributed by atoms with E-state index in [2.05, 4.69) is 26.0 Å². The van der Waals surface area contributed by atoms with E-state index < -0.39 is 26.9 Å². The molecule has 2 amide bonds. The highest BCUT2D eigenvalue weighted by Gasteiger charge is 2.49. The van der Waals surface area contributed by atoms with Crippen LogP contribution in [0.5, 0.6) is 0 Å². The first-order chi connectivity index (χ1) is 17.2. The number of carbonyl (C=O) groups is 2. The van der Waals surface area contributed by atoms with Crippen LogP contribution < -0.4 is 5.48 Å². The number of sulfone groups is 1. The molecular weight excluding hydrogens is 496 g/mol. The van der Waals surface area contributed by atoms with Crippen molar-refractivity contribution < 1.29 is 23.2 Å². The molecule has 7 nitrogen and oxygen atoms in total. The average Bonchev–Trinajstić information content (AvgIpc) is 3.34. The molecule has 2 N–H and O–H groups in total. The third kappa shape index (κ3) is 5.09. The number of nitrogens with one attached hydrogen (secondary N) is 1. The van der Waals surface area contributed by atoms with Crippen LogP contribution in [0.25, 0.3) is 10.4 Å². The Labute approximate surface area is 215 Å². The second-order valence-corrected chi connectivity index (χ2v) is 12.9. The first-order valence-electron chi connectivity index (χ1n) is 11.9. The van der Waals surface area contributed by atoms with Gasteiger partial charge in [0.25, 0.3) is 5.91 Å². The van der Waals surface area contributed by atoms with Gasteiger partial charge in [-0.25, -0.2) is 13.9 Å². The van der Waals surface area contributed by atoms with Gasteiger partial charge in [-0.05, 0) is 47.7 Å². The zero-order valence-electron chi connectivity index (χ0n) is 20.3. The third-order valence-corrected chi connectivity index (χ3v) is 10.8. The highest BCUT2D eigenvalue weighted by molar-refractivity contribution is 7.92. The molecule has 1 atom stereocenters. The molecule has 1 aromatic heterocycles. The van der Waals surface area contributed by atoms with E-state index in [4.69, 9.17) is 0 Å². The number of thiophene rings is 1. The lowest BCUT2D eigenvalue weighted by atomic mass is 9.97. The summed E-state index contributed by atoms with van der Waals surface area (Å²) in [7, 11) is -3.87. The molecule has 0 saturated carbocycles. The monoisotopic (exact) mass is 526 g/mol. The van der Waals surface area contributed by atoms with Crippen LogP contribution in [-0.2, 0) is 19.4 Å². The quantitative estimate of drug-likeness (QED) is 0.361. The number of nitrogens with zero attached hydrogens (tertiary/aromatic N) is 1. The summed E-state index contributed by atoms with van der Waals surface area (Å²) in [6.45, 7) is 4.45. The number of carbonyl (C=O) groups excluding carboxylic acids is 2. The van der Waals surface area contributed by atoms with Gasteiger partial charge in [-0.15, -0.1) is 11.3 Å². The number of rotatable bonds is 6. The van der Waals surface area contributed by atoms with E-state index in [-0.39, 0.29) is 31.2 Å². The summed E-state index contributed by atoms with van der Waals surface area (Å²) in [6, 6.07) is 20.5. The Kier molecular flexibility index (Phi) is 7.63. The second-order valence-electron chi connectivity index (χ2n) is 9.37. The standard InChI is InChI=1S/C27H30N2O5S2/c1-19(2)20-8-10-21(11-9-20)23-12-13-24(35-23)27(18-25(30)28-32)14-15-29(16-17-36(27,33)34)26(31)22-6-4-3-5-7-22/h3-13,19,32H,14-18H2,1-2H3,(H,28,30). The number of hydrogen-bond donors (Lipinski definition) is 2. The zero-order valence-corrected chi connectivity index (χ0v) is 21.9. The molecule has 3 aromatic rings. The van der Waals surface area contributed by atoms with Crippen LogP contribution in [-0.4, -0.2) is 49.2 Å². The van der Waals surface area contributed by atoms with Gasteiger partial charge in [0.15, 0.2) is 9.84 Å². The van der Waals surface area contributed by atoms with Gasteiger partial charge in [0, 0.05) is 28.4 Å². The van der Waals surface area contributed by atoms with Crippen LogP contribution >= 0.6 is 11.3 Å². The summed E-state index contributed by atoms with van der Waals surface area (Å²) in [5.41, 5.74) is 4.26. The topological polar surface area (TPSA) is 104 Å². The Bertz CT molecular complexity index is 1330. The zero-order chi connectivity index (χ0) is 25.9. The van der Waals surface area contributed by atoms with Gasteiger partial charge >= 0.3 is 0 Å². The number of amides is 2. The maximum Gasteiger partial charge on any atom is 0.253 e. The van der Waals surface area contributed by atoms with Crippen LogP contribution in [0.4, 0.5) is 0 Å². The van der Waals surface area contributed by atoms with Gasteiger partial charge in [0.05, 0.1) is 12.2 Å². The first-order valence-corrected chi connectivity index (χ1v) is 14.3. The van der Waals surface area contributed by atoms with Gasteiger partial charge in [-0.1, -0.05) is 56.3 Å². The van der Waals surface area contributed by atoms with Crippen LogP contribution in [0.1, 0.15) is 53.4 Å². The molecule has 9 heteroatoms. The van der Waals surface area contributed by atoms with E-state index in [1.54, 1.807) is 35.8 Å². The molecule has 4 rings (SSSR count). The van der Waals surface area contributed by atoms with E-state index in [1.165, 1.54) is 21.8 Å². The summed E-state index contributed by atoms with van der Waals surface area (Å²) in [4.78, 5) is 28.4. The molecule has 0 radical (unpaired) electrons. The molecule has 1 aliphatic heterocycles. The highest BCUT2D eigenvalue weighted by Crippen LogP contribution is 2.45. The van der Waals surface area contributed by atoms with Gasteiger partial charge < -0.3 is 4.90 Å². The molecule has 0 aliphatic carbocycles. The van der Waals surface area contributed by atoms with Crippen molar-refractivity contribution >= 4 is 33.0 Å². The van der Waals surface area contributed by atoms with E-state index in [9.17, 15) is 23.2 Å². The van der Waals surface area contributed by atoms with Gasteiger partial charge in [-0.3, -0.25) is 14.8 Å². The SMILES string of the molecule is CC(C)c1ccc(-c2ccc(C3(CC(=O)NO)CCN(C(=O)c4ccccc4)CCS3(=O)=O)s2)cc1. The Morgan fingerprint density at radius 3 is 2.36 bits per heavy atom. The minimum atomic E-state index is -3.87. The van der Waals surface area contributed by atoms with Gasteiger partial charge in [-0.2, -0.15) is 0 Å². The Morgan fingerprint density at radius 2 is 1.72 bits per heavy atom. The molecular formula is C27H30N2O5S2. The smallest absolute Gasteiger partial charge is 0.253 e. The van der Waals surface area contributed by atoms with Crippen molar-refractivity contribution in [2.45, 2.75) is 37.4 Å². The molecule has 0 bridgehead atoms. The van der Waals surface area contributed by atoms with E-state index in [1.807, 2.05) is 24.3 Å². The lowest BCUT2D eigenvalue weighted by Crippen LogP contribution is -2.41. The molecule has 2 heterocycles. The van der Waals surface area contributed by atoms with Crippen molar-refractivity contribution in [3.63, 3.8) is 0 Å². The van der Waals surface area contributed by atoms with Crippen molar-refractivity contribution in [3.05, 3.63) is 82.7 Å². The summed E-state index contributed by atoms with van der Waals surface area (Å²) in [6.07, 6.45) is -0.376. The minimum Gasteiger partial charge on any atom is -0.338 e. The second kappa shape index (κ2) is 10.5. The normalized spacial score (nSPS) is 19.6. The third-order valence-electron chi connectivity index (χ3n) is 6.81. The summed E-state index contributed by atoms with van der Waals surface area (Å²) in [5.74, 6) is -0.903. The molecule has 0 spiro atoms. The molecule has 1 aliphatic rings. The van der Waals surface area contributed by atoms with Gasteiger partial charge in [0.2, 0.25) is 5.91 Å². The van der Waals surface area contributed by atoms with Crippen molar-refractivity contribution in [2.75, 3.05) is 18.8 Å². The summed E-state index contributed by atoms with van der Waals surface area (Å²) in [5, 5.41) is 9.25. The number of hydroxylamine groups is 1. The maximum atomic E-state index is 13.8. The molecule has 1 unspecified atom stereocenters. The fourth-order valence-electron chi connectivity index (χ4n) is 4.61. The van der Waals surface area contributed by atoms with Crippen molar-refractivity contribution in [1.29, 1.82) is 0 Å². The molecule has 190 valence electrons. The van der Waals surface area contributed by atoms with Crippen LogP contribution in [0.15, 0.2) is 66.7 Å². The van der Waals surface area contributed by atoms with Crippen LogP contribution in [0.3, 0.4) is 0 Å². The maximum absolute atomic E-state index is 13.8. The van der Waals surface area contributed by atoms with Crippen molar-refractivity contribution in [1.82, 2.24) is 10.4 Å². The predicted molar refractivity (Wildman–Crippen MR) is 141 cm³/mol. The van der Waals surface area contributed by atoms with E-state index in [0.717, 1.165) is 10.4 Å². The average molecular weight is 527 g/mol. The van der Waals surface area contributed by atoms with Crippen LogP contribution in [0, 0.1) is 0 Å². The Morgan fingerprint density at radius 1 is 1.03 bits per heavy atom. The Hall–Kier alpha value is -3.01. The predicted octanol–water partition coefficient (Wildman–Crippen LogP) is 4.59. The van der Waals surface area contributed by atoms with Crippen LogP contribution in [0.2, 0.25) is 0 Å². The summed E-state index contributed by atoms with van der Waals surface area (Å²) >= 11 is 1.33. The van der Waals surface area contributed by atoms with E-state index in [0.29, 0.717) is 16.4 Å². The fourth-order valence-corrected chi connectivity index (χ4v) is 8.21.